The van der Waals surface area contributed by atoms with Gasteiger partial charge in [0.2, 0.25) is 0 Å². The molecule has 0 radical (unpaired) electrons. The Hall–Kier alpha value is -5.27. The van der Waals surface area contributed by atoms with Crippen molar-refractivity contribution < 1.29 is 0 Å². The standard InChI is InChI=1S/C43H35N/c1-4-28(2)25-41(44)32-19-15-30(16-20-32)34-21-17-31-18-22-35(27-36(31)26-34)43-38-13-9-8-12-37(38)42(33-10-6-5-7-11-33)40-24-29(3)14-23-39(40)43/h4-23,25-27,29,44H,1,24H2,2-3H3/b28-25-,44-41?. The molecule has 1 atom stereocenters. The minimum absolute atomic E-state index is 0.495. The van der Waals surface area contributed by atoms with Crippen LogP contribution in [0.3, 0.4) is 0 Å². The van der Waals surface area contributed by atoms with Crippen molar-refractivity contribution in [1.29, 1.82) is 5.41 Å². The monoisotopic (exact) mass is 565 g/mol. The highest BCUT2D eigenvalue weighted by molar-refractivity contribution is 6.11. The van der Waals surface area contributed by atoms with Crippen molar-refractivity contribution in [2.24, 2.45) is 5.92 Å². The van der Waals surface area contributed by atoms with Gasteiger partial charge in [0.1, 0.15) is 0 Å². The van der Waals surface area contributed by atoms with Crippen LogP contribution in [0.5, 0.6) is 0 Å². The molecule has 0 aromatic heterocycles. The first-order chi connectivity index (χ1) is 21.5. The fourth-order valence-electron chi connectivity index (χ4n) is 6.60. The van der Waals surface area contributed by atoms with E-state index >= 15 is 0 Å². The van der Waals surface area contributed by atoms with Crippen molar-refractivity contribution in [2.45, 2.75) is 20.3 Å². The molecule has 212 valence electrons. The first-order valence-corrected chi connectivity index (χ1v) is 15.4. The van der Waals surface area contributed by atoms with Gasteiger partial charge in [-0.05, 0) is 115 Å². The maximum atomic E-state index is 8.42. The summed E-state index contributed by atoms with van der Waals surface area (Å²) in [7, 11) is 0. The Balaban J connectivity index is 1.37. The number of hydrogen-bond acceptors (Lipinski definition) is 1. The summed E-state index contributed by atoms with van der Waals surface area (Å²) >= 11 is 0. The van der Waals surface area contributed by atoms with Gasteiger partial charge in [-0.3, -0.25) is 0 Å². The first-order valence-electron chi connectivity index (χ1n) is 15.4. The molecular weight excluding hydrogens is 530 g/mol. The molecule has 1 N–H and O–H groups in total. The topological polar surface area (TPSA) is 23.9 Å². The first kappa shape index (κ1) is 27.6. The lowest BCUT2D eigenvalue weighted by Crippen LogP contribution is -2.08. The third-order valence-electron chi connectivity index (χ3n) is 8.89. The van der Waals surface area contributed by atoms with Gasteiger partial charge in [-0.15, -0.1) is 0 Å². The number of benzene rings is 6. The van der Waals surface area contributed by atoms with E-state index in [4.69, 9.17) is 5.41 Å². The molecule has 1 nitrogen and oxygen atoms in total. The molecule has 6 aromatic carbocycles. The van der Waals surface area contributed by atoms with Crippen LogP contribution in [0.15, 0.2) is 146 Å². The lowest BCUT2D eigenvalue weighted by atomic mass is 9.78. The molecule has 0 saturated carbocycles. The average molecular weight is 566 g/mol. The summed E-state index contributed by atoms with van der Waals surface area (Å²) < 4.78 is 0. The summed E-state index contributed by atoms with van der Waals surface area (Å²) in [5.74, 6) is 0.496. The number of hydrogen-bond donors (Lipinski definition) is 1. The molecular formula is C43H35N. The molecule has 1 aliphatic rings. The highest BCUT2D eigenvalue weighted by Gasteiger charge is 2.23. The van der Waals surface area contributed by atoms with Crippen LogP contribution >= 0.6 is 0 Å². The molecule has 0 amide bonds. The van der Waals surface area contributed by atoms with Crippen LogP contribution in [-0.4, -0.2) is 5.71 Å². The number of rotatable bonds is 6. The van der Waals surface area contributed by atoms with Crippen LogP contribution in [-0.2, 0) is 6.42 Å². The van der Waals surface area contributed by atoms with Gasteiger partial charge in [-0.1, -0.05) is 135 Å². The molecule has 1 aliphatic carbocycles. The Morgan fingerprint density at radius 1 is 0.705 bits per heavy atom. The SMILES string of the molecule is C=C/C(C)=C\C(=N)c1ccc(-c2ccc3ccc(-c4c5c(c(-c6ccccc6)c6ccccc46)CC(C)C=C5)cc3c2)cc1. The van der Waals surface area contributed by atoms with E-state index in [-0.39, 0.29) is 0 Å². The molecule has 0 spiro atoms. The van der Waals surface area contributed by atoms with Crippen molar-refractivity contribution in [2.75, 3.05) is 0 Å². The summed E-state index contributed by atoms with van der Waals surface area (Å²) in [6.07, 6.45) is 9.39. The average Bonchev–Trinajstić information content (AvgIpc) is 3.07. The maximum absolute atomic E-state index is 8.42. The van der Waals surface area contributed by atoms with Crippen LogP contribution in [0.2, 0.25) is 0 Å². The lowest BCUT2D eigenvalue weighted by Gasteiger charge is -2.26. The molecule has 7 rings (SSSR count). The minimum Gasteiger partial charge on any atom is -0.300 e. The van der Waals surface area contributed by atoms with Crippen molar-refractivity contribution in [3.8, 4) is 33.4 Å². The number of allylic oxidation sites excluding steroid dienone is 4. The second-order valence-electron chi connectivity index (χ2n) is 12.0. The van der Waals surface area contributed by atoms with E-state index in [1.165, 1.54) is 60.5 Å². The van der Waals surface area contributed by atoms with Gasteiger partial charge in [-0.25, -0.2) is 0 Å². The van der Waals surface area contributed by atoms with E-state index < -0.39 is 0 Å². The zero-order valence-corrected chi connectivity index (χ0v) is 25.3. The molecule has 0 fully saturated rings. The van der Waals surface area contributed by atoms with Gasteiger partial charge in [-0.2, -0.15) is 0 Å². The largest absolute Gasteiger partial charge is 0.300 e. The van der Waals surface area contributed by atoms with Crippen LogP contribution in [0.1, 0.15) is 30.5 Å². The Kier molecular flexibility index (Phi) is 7.16. The van der Waals surface area contributed by atoms with E-state index in [1.54, 1.807) is 6.08 Å². The zero-order chi connectivity index (χ0) is 30.2. The summed E-state index contributed by atoms with van der Waals surface area (Å²) in [6, 6.07) is 41.7. The quantitative estimate of drug-likeness (QED) is 0.153. The van der Waals surface area contributed by atoms with Crippen molar-refractivity contribution in [1.82, 2.24) is 0 Å². The van der Waals surface area contributed by atoms with Crippen molar-refractivity contribution in [3.05, 3.63) is 162 Å². The minimum atomic E-state index is 0.495. The Morgan fingerprint density at radius 2 is 1.34 bits per heavy atom. The van der Waals surface area contributed by atoms with E-state index in [1.807, 2.05) is 25.1 Å². The molecule has 0 aliphatic heterocycles. The molecule has 0 heterocycles. The Bertz CT molecular complexity index is 2130. The highest BCUT2D eigenvalue weighted by atomic mass is 14.4. The van der Waals surface area contributed by atoms with Gasteiger partial charge in [0, 0.05) is 0 Å². The Morgan fingerprint density at radius 3 is 2.07 bits per heavy atom. The summed E-state index contributed by atoms with van der Waals surface area (Å²) in [4.78, 5) is 0. The molecule has 6 aromatic rings. The molecule has 44 heavy (non-hydrogen) atoms. The van der Waals surface area contributed by atoms with Crippen molar-refractivity contribution >= 4 is 33.3 Å². The fraction of sp³-hybridized carbons (Fsp3) is 0.0930. The molecule has 1 unspecified atom stereocenters. The Labute approximate surface area is 260 Å². The second kappa shape index (κ2) is 11.4. The summed E-state index contributed by atoms with van der Waals surface area (Å²) in [6.45, 7) is 8.08. The second-order valence-corrected chi connectivity index (χ2v) is 12.0. The third kappa shape index (κ3) is 5.01. The number of nitrogens with one attached hydrogen (secondary N) is 1. The van der Waals surface area contributed by atoms with Crippen LogP contribution < -0.4 is 0 Å². The van der Waals surface area contributed by atoms with E-state index in [2.05, 4.69) is 129 Å². The normalized spacial score (nSPS) is 14.5. The fourth-order valence-corrected chi connectivity index (χ4v) is 6.60. The third-order valence-corrected chi connectivity index (χ3v) is 8.89. The summed E-state index contributed by atoms with van der Waals surface area (Å²) in [5.41, 5.74) is 12.7. The predicted molar refractivity (Wildman–Crippen MR) is 190 cm³/mol. The molecule has 0 saturated heterocycles. The van der Waals surface area contributed by atoms with Gasteiger partial charge in [0.05, 0.1) is 5.71 Å². The smallest absolute Gasteiger partial charge is 0.0614 e. The van der Waals surface area contributed by atoms with E-state index in [9.17, 15) is 0 Å². The number of fused-ring (bicyclic) bond motifs is 3. The van der Waals surface area contributed by atoms with Gasteiger partial charge >= 0.3 is 0 Å². The van der Waals surface area contributed by atoms with Crippen LogP contribution in [0.25, 0.3) is 61.0 Å². The van der Waals surface area contributed by atoms with Crippen LogP contribution in [0, 0.1) is 11.3 Å². The van der Waals surface area contributed by atoms with Crippen LogP contribution in [0.4, 0.5) is 0 Å². The summed E-state index contributed by atoms with van der Waals surface area (Å²) in [5, 5.41) is 13.5. The van der Waals surface area contributed by atoms with E-state index in [0.29, 0.717) is 11.6 Å². The zero-order valence-electron chi connectivity index (χ0n) is 25.3. The van der Waals surface area contributed by atoms with Crippen molar-refractivity contribution in [3.63, 3.8) is 0 Å². The van der Waals surface area contributed by atoms with Gasteiger partial charge < -0.3 is 5.41 Å². The van der Waals surface area contributed by atoms with Gasteiger partial charge in [0.25, 0.3) is 0 Å². The molecule has 1 heteroatoms. The molecule has 0 bridgehead atoms. The van der Waals surface area contributed by atoms with Gasteiger partial charge in [0.15, 0.2) is 0 Å². The predicted octanol–water partition coefficient (Wildman–Crippen LogP) is 11.7. The van der Waals surface area contributed by atoms with E-state index in [0.717, 1.165) is 23.1 Å². The maximum Gasteiger partial charge on any atom is 0.0614 e. The lowest BCUT2D eigenvalue weighted by molar-refractivity contribution is 0.719. The highest BCUT2D eigenvalue weighted by Crippen LogP contribution is 2.45.